The average Bonchev–Trinajstić information content (AvgIpc) is 3.30. The van der Waals surface area contributed by atoms with Crippen LogP contribution in [0.25, 0.3) is 12.2 Å². The van der Waals surface area contributed by atoms with E-state index in [1.807, 2.05) is 40.4 Å². The van der Waals surface area contributed by atoms with E-state index in [0.29, 0.717) is 18.3 Å². The van der Waals surface area contributed by atoms with Crippen LogP contribution in [0.2, 0.25) is 0 Å². The van der Waals surface area contributed by atoms with Crippen LogP contribution in [-0.2, 0) is 6.54 Å². The molecular formula is C16H15N5OS. The lowest BCUT2D eigenvalue weighted by Crippen LogP contribution is -2.06. The lowest BCUT2D eigenvalue weighted by molar-refractivity contribution is 0.553. The van der Waals surface area contributed by atoms with E-state index >= 15 is 0 Å². The van der Waals surface area contributed by atoms with Crippen molar-refractivity contribution >= 4 is 29.4 Å². The summed E-state index contributed by atoms with van der Waals surface area (Å²) in [5.41, 5.74) is 0.276. The summed E-state index contributed by atoms with van der Waals surface area (Å²) in [6.45, 7) is 1.55. The van der Waals surface area contributed by atoms with Crippen molar-refractivity contribution in [3.63, 3.8) is 0 Å². The highest BCUT2D eigenvalue weighted by atomic mass is 32.1. The van der Waals surface area contributed by atoms with E-state index < -0.39 is 0 Å². The molecule has 0 aromatic carbocycles. The number of hydrogen-bond acceptors (Lipinski definition) is 6. The van der Waals surface area contributed by atoms with Crippen LogP contribution < -0.4 is 5.32 Å². The molecule has 0 spiro atoms. The van der Waals surface area contributed by atoms with Crippen molar-refractivity contribution in [1.29, 1.82) is 5.26 Å². The number of aromatic nitrogens is 3. The third-order valence-corrected chi connectivity index (χ3v) is 3.96. The molecule has 0 fully saturated rings. The second kappa shape index (κ2) is 7.42. The van der Waals surface area contributed by atoms with E-state index in [1.54, 1.807) is 29.9 Å². The zero-order valence-electron chi connectivity index (χ0n) is 12.3. The fourth-order valence-electron chi connectivity index (χ4n) is 2.03. The zero-order valence-corrected chi connectivity index (χ0v) is 13.2. The smallest absolute Gasteiger partial charge is 0.232 e. The molecule has 0 amide bonds. The van der Waals surface area contributed by atoms with Crippen molar-refractivity contribution in [3.8, 4) is 6.07 Å². The summed E-state index contributed by atoms with van der Waals surface area (Å²) in [6.07, 6.45) is 10.0. The Morgan fingerprint density at radius 1 is 1.43 bits per heavy atom. The van der Waals surface area contributed by atoms with E-state index in [9.17, 15) is 0 Å². The Morgan fingerprint density at radius 3 is 3.13 bits per heavy atom. The number of nitrogens with one attached hydrogen (secondary N) is 1. The van der Waals surface area contributed by atoms with Crippen LogP contribution in [0.3, 0.4) is 0 Å². The second-order valence-electron chi connectivity index (χ2n) is 4.77. The summed E-state index contributed by atoms with van der Waals surface area (Å²) in [6, 6.07) is 6.03. The lowest BCUT2D eigenvalue weighted by atomic mass is 10.4. The summed E-state index contributed by atoms with van der Waals surface area (Å²) in [5.74, 6) is 0.844. The number of thiophene rings is 1. The number of nitrogens with zero attached hydrogens (tertiary/aromatic N) is 4. The molecule has 3 rings (SSSR count). The SMILES string of the molecule is N#Cc1nc(/C=C/c2cccs2)oc1NCCCn1ccnc1. The quantitative estimate of drug-likeness (QED) is 0.673. The normalized spacial score (nSPS) is 10.9. The van der Waals surface area contributed by atoms with Gasteiger partial charge in [0, 0.05) is 36.4 Å². The Balaban J connectivity index is 1.57. The summed E-state index contributed by atoms with van der Waals surface area (Å²) in [5, 5.41) is 14.3. The first kappa shape index (κ1) is 15.1. The van der Waals surface area contributed by atoms with Crippen LogP contribution in [0, 0.1) is 11.3 Å². The van der Waals surface area contributed by atoms with Crippen molar-refractivity contribution < 1.29 is 4.42 Å². The fraction of sp³-hybridized carbons (Fsp3) is 0.188. The Hall–Kier alpha value is -2.85. The molecule has 0 atom stereocenters. The van der Waals surface area contributed by atoms with Gasteiger partial charge in [-0.15, -0.1) is 11.3 Å². The van der Waals surface area contributed by atoms with Gasteiger partial charge in [-0.25, -0.2) is 4.98 Å². The summed E-state index contributed by atoms with van der Waals surface area (Å²) < 4.78 is 7.60. The molecule has 1 N–H and O–H groups in total. The zero-order chi connectivity index (χ0) is 15.9. The van der Waals surface area contributed by atoms with Crippen LogP contribution >= 0.6 is 11.3 Å². The van der Waals surface area contributed by atoms with Gasteiger partial charge in [-0.2, -0.15) is 10.2 Å². The van der Waals surface area contributed by atoms with Crippen molar-refractivity contribution in [1.82, 2.24) is 14.5 Å². The molecule has 0 bridgehead atoms. The third-order valence-electron chi connectivity index (χ3n) is 3.12. The average molecular weight is 325 g/mol. The maximum Gasteiger partial charge on any atom is 0.232 e. The highest BCUT2D eigenvalue weighted by molar-refractivity contribution is 7.10. The van der Waals surface area contributed by atoms with Crippen molar-refractivity contribution in [2.75, 3.05) is 11.9 Å². The number of imidazole rings is 1. The van der Waals surface area contributed by atoms with Crippen LogP contribution in [0.5, 0.6) is 0 Å². The predicted octanol–water partition coefficient (Wildman–Crippen LogP) is 3.48. The van der Waals surface area contributed by atoms with Gasteiger partial charge in [0.25, 0.3) is 0 Å². The molecule has 0 saturated carbocycles. The Bertz CT molecular complexity index is 796. The summed E-state index contributed by atoms with van der Waals surface area (Å²) in [7, 11) is 0. The number of nitriles is 1. The number of rotatable bonds is 7. The lowest BCUT2D eigenvalue weighted by Gasteiger charge is -2.03. The molecule has 7 heteroatoms. The fourth-order valence-corrected chi connectivity index (χ4v) is 2.64. The van der Waals surface area contributed by atoms with E-state index in [0.717, 1.165) is 17.8 Å². The molecule has 23 heavy (non-hydrogen) atoms. The first-order valence-electron chi connectivity index (χ1n) is 7.17. The Labute approximate surface area is 137 Å². The molecule has 0 aliphatic carbocycles. The summed E-state index contributed by atoms with van der Waals surface area (Å²) >= 11 is 1.63. The Morgan fingerprint density at radius 2 is 2.39 bits per heavy atom. The van der Waals surface area contributed by atoms with Crippen LogP contribution in [0.1, 0.15) is 22.9 Å². The van der Waals surface area contributed by atoms with Crippen molar-refractivity contribution in [2.45, 2.75) is 13.0 Å². The Kier molecular flexibility index (Phi) is 4.86. The molecule has 0 radical (unpaired) electrons. The predicted molar refractivity (Wildman–Crippen MR) is 89.8 cm³/mol. The van der Waals surface area contributed by atoms with Gasteiger partial charge < -0.3 is 14.3 Å². The van der Waals surface area contributed by atoms with E-state index in [-0.39, 0.29) is 5.69 Å². The monoisotopic (exact) mass is 325 g/mol. The maximum absolute atomic E-state index is 9.14. The van der Waals surface area contributed by atoms with Gasteiger partial charge in [-0.3, -0.25) is 0 Å². The minimum atomic E-state index is 0.276. The molecular weight excluding hydrogens is 310 g/mol. The molecule has 116 valence electrons. The molecule has 3 heterocycles. The van der Waals surface area contributed by atoms with Gasteiger partial charge in [-0.05, 0) is 23.9 Å². The number of anilines is 1. The largest absolute Gasteiger partial charge is 0.420 e. The molecule has 0 aliphatic rings. The minimum Gasteiger partial charge on any atom is -0.420 e. The highest BCUT2D eigenvalue weighted by Gasteiger charge is 2.10. The molecule has 6 nitrogen and oxygen atoms in total. The molecule has 0 aliphatic heterocycles. The van der Waals surface area contributed by atoms with Gasteiger partial charge in [0.15, 0.2) is 0 Å². The van der Waals surface area contributed by atoms with Crippen LogP contribution in [0.4, 0.5) is 5.88 Å². The van der Waals surface area contributed by atoms with Crippen LogP contribution in [-0.4, -0.2) is 21.1 Å². The second-order valence-corrected chi connectivity index (χ2v) is 5.75. The van der Waals surface area contributed by atoms with E-state index in [1.165, 1.54) is 0 Å². The first-order valence-corrected chi connectivity index (χ1v) is 8.05. The van der Waals surface area contributed by atoms with Gasteiger partial charge >= 0.3 is 0 Å². The summed E-state index contributed by atoms with van der Waals surface area (Å²) in [4.78, 5) is 9.27. The maximum atomic E-state index is 9.14. The molecule has 3 aromatic heterocycles. The standard InChI is InChI=1S/C16H15N5OS/c17-11-14-16(19-6-2-8-21-9-7-18-12-21)22-15(20-14)5-4-13-3-1-10-23-13/h1,3-5,7,9-10,12,19H,2,6,8H2/b5-4+. The van der Waals surface area contributed by atoms with E-state index in [2.05, 4.69) is 15.3 Å². The van der Waals surface area contributed by atoms with E-state index in [4.69, 9.17) is 9.68 Å². The number of aryl methyl sites for hydroxylation is 1. The minimum absolute atomic E-state index is 0.276. The van der Waals surface area contributed by atoms with Gasteiger partial charge in [-0.1, -0.05) is 6.07 Å². The third kappa shape index (κ3) is 4.08. The first-order chi connectivity index (χ1) is 11.3. The topological polar surface area (TPSA) is 79.7 Å². The van der Waals surface area contributed by atoms with Gasteiger partial charge in [0.1, 0.15) is 6.07 Å². The molecule has 3 aromatic rings. The number of oxazole rings is 1. The van der Waals surface area contributed by atoms with Crippen molar-refractivity contribution in [3.05, 3.63) is 52.7 Å². The molecule has 0 saturated heterocycles. The van der Waals surface area contributed by atoms with Crippen molar-refractivity contribution in [2.24, 2.45) is 0 Å². The number of hydrogen-bond donors (Lipinski definition) is 1. The molecule has 0 unspecified atom stereocenters. The van der Waals surface area contributed by atoms with Gasteiger partial charge in [0.05, 0.1) is 6.33 Å². The van der Waals surface area contributed by atoms with Gasteiger partial charge in [0.2, 0.25) is 17.5 Å². The van der Waals surface area contributed by atoms with Crippen LogP contribution in [0.15, 0.2) is 40.7 Å². The highest BCUT2D eigenvalue weighted by Crippen LogP contribution is 2.19.